The van der Waals surface area contributed by atoms with Gasteiger partial charge in [-0.2, -0.15) is 13.2 Å². The van der Waals surface area contributed by atoms with Crippen molar-refractivity contribution in [2.75, 3.05) is 0 Å². The van der Waals surface area contributed by atoms with Gasteiger partial charge in [0.2, 0.25) is 11.2 Å². The molecule has 2 N–H and O–H groups in total. The van der Waals surface area contributed by atoms with Crippen LogP contribution in [-0.4, -0.2) is 5.91 Å². The van der Waals surface area contributed by atoms with Crippen LogP contribution < -0.4 is 11.2 Å². The second-order valence-corrected chi connectivity index (χ2v) is 4.02. The summed E-state index contributed by atoms with van der Waals surface area (Å²) in [4.78, 5) is 22.3. The molecule has 0 unspecified atom stereocenters. The van der Waals surface area contributed by atoms with Crippen molar-refractivity contribution in [3.05, 3.63) is 33.0 Å². The highest BCUT2D eigenvalue weighted by atomic mass is 32.1. The minimum absolute atomic E-state index is 0.0631. The molecular formula is C9H4F3NO3S. The van der Waals surface area contributed by atoms with E-state index in [1.807, 2.05) is 0 Å². The molecule has 0 atom stereocenters. The van der Waals surface area contributed by atoms with Gasteiger partial charge in [0, 0.05) is 11.4 Å². The Morgan fingerprint density at radius 3 is 2.59 bits per heavy atom. The van der Waals surface area contributed by atoms with Crippen molar-refractivity contribution < 1.29 is 22.4 Å². The van der Waals surface area contributed by atoms with Crippen LogP contribution in [0.2, 0.25) is 0 Å². The number of amides is 1. The summed E-state index contributed by atoms with van der Waals surface area (Å²) in [5, 5.41) is 1.19. The number of carbonyl (C=O) groups excluding carboxylic acids is 1. The van der Waals surface area contributed by atoms with Gasteiger partial charge in [-0.25, -0.2) is 0 Å². The molecule has 0 aromatic carbocycles. The largest absolute Gasteiger partial charge is 0.449 e. The van der Waals surface area contributed by atoms with E-state index >= 15 is 0 Å². The molecule has 90 valence electrons. The van der Waals surface area contributed by atoms with Gasteiger partial charge in [-0.05, 0) is 0 Å². The number of rotatable bonds is 1. The lowest BCUT2D eigenvalue weighted by Gasteiger charge is -2.04. The van der Waals surface area contributed by atoms with Crippen molar-refractivity contribution in [1.82, 2.24) is 0 Å². The van der Waals surface area contributed by atoms with Crippen LogP contribution in [0.15, 0.2) is 20.7 Å². The number of hydrogen-bond acceptors (Lipinski definition) is 4. The summed E-state index contributed by atoms with van der Waals surface area (Å²) in [6.07, 6.45) is -4.79. The number of thiophene rings is 1. The van der Waals surface area contributed by atoms with Crippen LogP contribution >= 0.6 is 11.3 Å². The average Bonchev–Trinajstić information content (AvgIpc) is 2.60. The van der Waals surface area contributed by atoms with E-state index in [1.54, 1.807) is 0 Å². The number of alkyl halides is 3. The molecule has 0 bridgehead atoms. The van der Waals surface area contributed by atoms with Gasteiger partial charge in [0.05, 0.1) is 5.56 Å². The first kappa shape index (κ1) is 11.6. The molecule has 2 heterocycles. The third-order valence-electron chi connectivity index (χ3n) is 1.99. The molecule has 8 heteroatoms. The Morgan fingerprint density at radius 1 is 1.41 bits per heavy atom. The Bertz CT molecular complexity index is 656. The standard InChI is InChI=1S/C9H4F3NO3S/c10-9(11,12)5-1-4(14)7-6(16-5)3(2-17-7)8(13)15/h1-2H,(H2,13,15). The second kappa shape index (κ2) is 3.59. The third-order valence-corrected chi connectivity index (χ3v) is 2.96. The van der Waals surface area contributed by atoms with Crippen LogP contribution in [0.4, 0.5) is 13.2 Å². The molecule has 0 aliphatic rings. The summed E-state index contributed by atoms with van der Waals surface area (Å²) in [6, 6.07) is 0.351. The first-order chi connectivity index (χ1) is 7.80. The highest BCUT2D eigenvalue weighted by molar-refractivity contribution is 7.17. The smallest absolute Gasteiger partial charge is 0.449 e. The van der Waals surface area contributed by atoms with Crippen LogP contribution in [0, 0.1) is 0 Å². The van der Waals surface area contributed by atoms with Gasteiger partial charge in [-0.15, -0.1) is 11.3 Å². The lowest BCUT2D eigenvalue weighted by molar-refractivity contribution is -0.152. The predicted molar refractivity (Wildman–Crippen MR) is 53.9 cm³/mol. The fourth-order valence-corrected chi connectivity index (χ4v) is 2.14. The molecule has 0 aliphatic carbocycles. The minimum atomic E-state index is -4.79. The quantitative estimate of drug-likeness (QED) is 0.854. The summed E-state index contributed by atoms with van der Waals surface area (Å²) in [5.74, 6) is -2.39. The third kappa shape index (κ3) is 1.91. The molecule has 0 spiro atoms. The first-order valence-corrected chi connectivity index (χ1v) is 5.11. The van der Waals surface area contributed by atoms with Crippen LogP contribution in [0.3, 0.4) is 0 Å². The Morgan fingerprint density at radius 2 is 2.06 bits per heavy atom. The maximum Gasteiger partial charge on any atom is 0.449 e. The molecule has 2 aromatic heterocycles. The number of carbonyl (C=O) groups is 1. The van der Waals surface area contributed by atoms with Gasteiger partial charge in [-0.3, -0.25) is 9.59 Å². The van der Waals surface area contributed by atoms with Crippen molar-refractivity contribution in [2.45, 2.75) is 6.18 Å². The number of nitrogens with two attached hydrogens (primary N) is 1. The molecule has 0 saturated carbocycles. The van der Waals surface area contributed by atoms with Gasteiger partial charge in [0.15, 0.2) is 5.58 Å². The van der Waals surface area contributed by atoms with Gasteiger partial charge in [0.1, 0.15) is 4.70 Å². The summed E-state index contributed by atoms with van der Waals surface area (Å²) in [7, 11) is 0. The van der Waals surface area contributed by atoms with E-state index < -0.39 is 28.9 Å². The van der Waals surface area contributed by atoms with Gasteiger partial charge in [0.25, 0.3) is 5.91 Å². The zero-order valence-corrected chi connectivity index (χ0v) is 8.82. The van der Waals surface area contributed by atoms with E-state index in [0.717, 1.165) is 11.3 Å². The van der Waals surface area contributed by atoms with E-state index in [2.05, 4.69) is 4.42 Å². The second-order valence-electron chi connectivity index (χ2n) is 3.14. The lowest BCUT2D eigenvalue weighted by Crippen LogP contribution is -2.13. The summed E-state index contributed by atoms with van der Waals surface area (Å²) < 4.78 is 41.6. The number of halogens is 3. The maximum atomic E-state index is 12.4. The predicted octanol–water partition coefficient (Wildman–Crippen LogP) is 1.97. The number of fused-ring (bicyclic) bond motifs is 1. The first-order valence-electron chi connectivity index (χ1n) is 4.23. The van der Waals surface area contributed by atoms with Crippen LogP contribution in [-0.2, 0) is 6.18 Å². The molecule has 1 amide bonds. The Hall–Kier alpha value is -1.83. The molecule has 0 fully saturated rings. The molecule has 17 heavy (non-hydrogen) atoms. The van der Waals surface area contributed by atoms with Crippen molar-refractivity contribution in [2.24, 2.45) is 5.73 Å². The Labute approximate surface area is 95.4 Å². The molecule has 0 saturated heterocycles. The molecule has 2 rings (SSSR count). The molecule has 0 radical (unpaired) electrons. The highest BCUT2D eigenvalue weighted by Gasteiger charge is 2.35. The summed E-state index contributed by atoms with van der Waals surface area (Å²) in [5.41, 5.74) is 3.46. The maximum absolute atomic E-state index is 12.4. The van der Waals surface area contributed by atoms with Crippen molar-refractivity contribution in [3.8, 4) is 0 Å². The summed E-state index contributed by atoms with van der Waals surface area (Å²) >= 11 is 0.814. The molecule has 4 nitrogen and oxygen atoms in total. The normalized spacial score (nSPS) is 11.9. The number of hydrogen-bond donors (Lipinski definition) is 1. The van der Waals surface area contributed by atoms with Crippen molar-refractivity contribution >= 4 is 27.5 Å². The van der Waals surface area contributed by atoms with Crippen molar-refractivity contribution in [1.29, 1.82) is 0 Å². The van der Waals surface area contributed by atoms with Gasteiger partial charge >= 0.3 is 6.18 Å². The SMILES string of the molecule is NC(=O)c1csc2c(=O)cc(C(F)(F)F)oc12. The van der Waals surface area contributed by atoms with E-state index in [4.69, 9.17) is 5.73 Å². The number of primary amides is 1. The zero-order valence-electron chi connectivity index (χ0n) is 8.00. The zero-order chi connectivity index (χ0) is 12.8. The lowest BCUT2D eigenvalue weighted by atomic mass is 10.2. The van der Waals surface area contributed by atoms with E-state index in [9.17, 15) is 22.8 Å². The summed E-state index contributed by atoms with van der Waals surface area (Å²) in [6.45, 7) is 0. The fraction of sp³-hybridized carbons (Fsp3) is 0.111. The molecule has 2 aromatic rings. The van der Waals surface area contributed by atoms with E-state index in [0.29, 0.717) is 6.07 Å². The Balaban J connectivity index is 2.83. The average molecular weight is 263 g/mol. The van der Waals surface area contributed by atoms with E-state index in [1.165, 1.54) is 5.38 Å². The van der Waals surface area contributed by atoms with Gasteiger partial charge < -0.3 is 10.2 Å². The Kier molecular flexibility index (Phi) is 2.46. The van der Waals surface area contributed by atoms with Crippen molar-refractivity contribution in [3.63, 3.8) is 0 Å². The van der Waals surface area contributed by atoms with E-state index in [-0.39, 0.29) is 10.3 Å². The fourth-order valence-electron chi connectivity index (χ4n) is 1.25. The van der Waals surface area contributed by atoms with Crippen LogP contribution in [0.1, 0.15) is 16.1 Å². The monoisotopic (exact) mass is 263 g/mol. The van der Waals surface area contributed by atoms with Crippen LogP contribution in [0.5, 0.6) is 0 Å². The molecular weight excluding hydrogens is 259 g/mol. The minimum Gasteiger partial charge on any atom is -0.449 e. The van der Waals surface area contributed by atoms with Crippen LogP contribution in [0.25, 0.3) is 10.3 Å². The molecule has 0 aliphatic heterocycles. The highest BCUT2D eigenvalue weighted by Crippen LogP contribution is 2.32. The topological polar surface area (TPSA) is 73.3 Å². The van der Waals surface area contributed by atoms with Gasteiger partial charge in [-0.1, -0.05) is 0 Å².